The average molecular weight is 279 g/mol. The number of hydrogen-bond acceptors (Lipinski definition) is 2. The zero-order valence-electron chi connectivity index (χ0n) is 12.6. The molecule has 0 unspecified atom stereocenters. The molecular formula is C18H21N3. The molecule has 0 radical (unpaired) electrons. The summed E-state index contributed by atoms with van der Waals surface area (Å²) in [5, 5.41) is 4.86. The van der Waals surface area contributed by atoms with Crippen molar-refractivity contribution in [1.82, 2.24) is 9.88 Å². The Balaban J connectivity index is 1.80. The van der Waals surface area contributed by atoms with E-state index >= 15 is 0 Å². The van der Waals surface area contributed by atoms with E-state index in [1.54, 1.807) is 0 Å². The molecule has 2 aromatic carbocycles. The number of anilines is 1. The van der Waals surface area contributed by atoms with Crippen LogP contribution in [0.5, 0.6) is 0 Å². The van der Waals surface area contributed by atoms with Crippen LogP contribution in [0.25, 0.3) is 10.9 Å². The Bertz CT molecular complexity index is 728. The number of nitrogens with one attached hydrogen (secondary N) is 2. The Morgan fingerprint density at radius 2 is 1.76 bits per heavy atom. The van der Waals surface area contributed by atoms with Gasteiger partial charge in [-0.3, -0.25) is 0 Å². The van der Waals surface area contributed by atoms with Gasteiger partial charge in [-0.2, -0.15) is 0 Å². The Kier molecular flexibility index (Phi) is 3.93. The van der Waals surface area contributed by atoms with E-state index in [4.69, 9.17) is 0 Å². The third kappa shape index (κ3) is 3.09. The topological polar surface area (TPSA) is 31.1 Å². The van der Waals surface area contributed by atoms with E-state index in [1.807, 2.05) is 6.20 Å². The molecule has 108 valence electrons. The van der Waals surface area contributed by atoms with E-state index in [0.29, 0.717) is 0 Å². The Morgan fingerprint density at radius 3 is 2.62 bits per heavy atom. The summed E-state index contributed by atoms with van der Waals surface area (Å²) in [5.41, 5.74) is 5.03. The van der Waals surface area contributed by atoms with Gasteiger partial charge in [0.2, 0.25) is 0 Å². The third-order valence-corrected chi connectivity index (χ3v) is 3.66. The highest BCUT2D eigenvalue weighted by atomic mass is 15.1. The largest absolute Gasteiger partial charge is 0.381 e. The van der Waals surface area contributed by atoms with Crippen molar-refractivity contribution >= 4 is 16.6 Å². The van der Waals surface area contributed by atoms with Crippen molar-refractivity contribution in [2.45, 2.75) is 13.1 Å². The molecule has 21 heavy (non-hydrogen) atoms. The van der Waals surface area contributed by atoms with Gasteiger partial charge in [-0.1, -0.05) is 30.3 Å². The maximum Gasteiger partial charge on any atom is 0.0457 e. The highest BCUT2D eigenvalue weighted by molar-refractivity contribution is 5.83. The van der Waals surface area contributed by atoms with Gasteiger partial charge in [0.25, 0.3) is 0 Å². The summed E-state index contributed by atoms with van der Waals surface area (Å²) in [4.78, 5) is 5.45. The first-order valence-electron chi connectivity index (χ1n) is 7.25. The molecule has 0 saturated carbocycles. The van der Waals surface area contributed by atoms with Crippen LogP contribution >= 0.6 is 0 Å². The lowest BCUT2D eigenvalue weighted by molar-refractivity contribution is 0.403. The van der Waals surface area contributed by atoms with Crippen LogP contribution in [0.4, 0.5) is 5.69 Å². The first kappa shape index (κ1) is 13.7. The number of para-hydroxylation sites is 1. The summed E-state index contributed by atoms with van der Waals surface area (Å²) in [6.45, 7) is 1.77. The molecule has 3 rings (SSSR count). The molecule has 1 aromatic heterocycles. The normalized spacial score (nSPS) is 11.2. The number of nitrogens with zero attached hydrogens (tertiary/aromatic N) is 1. The highest BCUT2D eigenvalue weighted by Crippen LogP contribution is 2.21. The monoisotopic (exact) mass is 279 g/mol. The van der Waals surface area contributed by atoms with Gasteiger partial charge < -0.3 is 15.2 Å². The van der Waals surface area contributed by atoms with Crippen LogP contribution in [0.2, 0.25) is 0 Å². The minimum Gasteiger partial charge on any atom is -0.381 e. The summed E-state index contributed by atoms with van der Waals surface area (Å²) in [7, 11) is 4.19. The third-order valence-electron chi connectivity index (χ3n) is 3.66. The molecule has 0 bridgehead atoms. The van der Waals surface area contributed by atoms with E-state index in [0.717, 1.165) is 13.1 Å². The van der Waals surface area contributed by atoms with Crippen LogP contribution in [-0.2, 0) is 13.1 Å². The van der Waals surface area contributed by atoms with Crippen LogP contribution in [0.1, 0.15) is 11.1 Å². The number of rotatable bonds is 5. The summed E-state index contributed by atoms with van der Waals surface area (Å²) in [6.07, 6.45) is 1.99. The molecule has 1 heterocycles. The second-order valence-corrected chi connectivity index (χ2v) is 5.60. The fourth-order valence-electron chi connectivity index (χ4n) is 2.67. The maximum absolute atomic E-state index is 3.58. The van der Waals surface area contributed by atoms with Gasteiger partial charge in [0.1, 0.15) is 0 Å². The van der Waals surface area contributed by atoms with Crippen molar-refractivity contribution in [3.05, 3.63) is 65.9 Å². The van der Waals surface area contributed by atoms with Crippen molar-refractivity contribution in [3.8, 4) is 0 Å². The molecule has 3 heteroatoms. The van der Waals surface area contributed by atoms with E-state index in [2.05, 4.69) is 77.8 Å². The predicted octanol–water partition coefficient (Wildman–Crippen LogP) is 3.84. The van der Waals surface area contributed by atoms with E-state index in [9.17, 15) is 0 Å². The van der Waals surface area contributed by atoms with Crippen molar-refractivity contribution < 1.29 is 0 Å². The summed E-state index contributed by atoms with van der Waals surface area (Å²) < 4.78 is 0. The molecule has 2 N–H and O–H groups in total. The molecule has 0 aliphatic heterocycles. The van der Waals surface area contributed by atoms with Crippen LogP contribution < -0.4 is 5.32 Å². The van der Waals surface area contributed by atoms with Gasteiger partial charge in [-0.05, 0) is 43.4 Å². The molecule has 3 aromatic rings. The fraction of sp³-hybridized carbons (Fsp3) is 0.222. The SMILES string of the molecule is CN(C)Cc1ccccc1NCc1cccc2[nH]ccc12. The lowest BCUT2D eigenvalue weighted by atomic mass is 10.1. The van der Waals surface area contributed by atoms with Gasteiger partial charge in [0.05, 0.1) is 0 Å². The maximum atomic E-state index is 3.58. The molecule has 3 nitrogen and oxygen atoms in total. The molecule has 0 atom stereocenters. The molecule has 0 amide bonds. The Hall–Kier alpha value is -2.26. The molecule has 0 saturated heterocycles. The van der Waals surface area contributed by atoms with Crippen molar-refractivity contribution in [2.24, 2.45) is 0 Å². The lowest BCUT2D eigenvalue weighted by Crippen LogP contribution is -2.12. The van der Waals surface area contributed by atoms with Gasteiger partial charge in [-0.25, -0.2) is 0 Å². The fourth-order valence-corrected chi connectivity index (χ4v) is 2.67. The van der Waals surface area contributed by atoms with Crippen LogP contribution in [0, 0.1) is 0 Å². The second kappa shape index (κ2) is 6.02. The smallest absolute Gasteiger partial charge is 0.0457 e. The van der Waals surface area contributed by atoms with Crippen molar-refractivity contribution in [2.75, 3.05) is 19.4 Å². The van der Waals surface area contributed by atoms with E-state index < -0.39 is 0 Å². The first-order valence-corrected chi connectivity index (χ1v) is 7.25. The zero-order chi connectivity index (χ0) is 14.7. The van der Waals surface area contributed by atoms with Gasteiger partial charge in [-0.15, -0.1) is 0 Å². The second-order valence-electron chi connectivity index (χ2n) is 5.60. The van der Waals surface area contributed by atoms with Crippen LogP contribution in [0.3, 0.4) is 0 Å². The van der Waals surface area contributed by atoms with Gasteiger partial charge in [0, 0.05) is 35.9 Å². The van der Waals surface area contributed by atoms with E-state index in [-0.39, 0.29) is 0 Å². The predicted molar refractivity (Wildman–Crippen MR) is 89.5 cm³/mol. The zero-order valence-corrected chi connectivity index (χ0v) is 12.6. The number of H-pyrrole nitrogens is 1. The van der Waals surface area contributed by atoms with Crippen molar-refractivity contribution in [1.29, 1.82) is 0 Å². The molecule has 0 fully saturated rings. The Labute approximate surface area is 125 Å². The highest BCUT2D eigenvalue weighted by Gasteiger charge is 2.05. The van der Waals surface area contributed by atoms with Crippen LogP contribution in [0.15, 0.2) is 54.7 Å². The number of aromatic nitrogens is 1. The minimum absolute atomic E-state index is 0.833. The quantitative estimate of drug-likeness (QED) is 0.743. The number of aromatic amines is 1. The van der Waals surface area contributed by atoms with Gasteiger partial charge >= 0.3 is 0 Å². The standard InChI is InChI=1S/C18H21N3/c1-21(2)13-15-6-3-4-8-17(15)20-12-14-7-5-9-18-16(14)10-11-19-18/h3-11,19-20H,12-13H2,1-2H3. The molecule has 0 aliphatic rings. The molecule has 0 spiro atoms. The van der Waals surface area contributed by atoms with Crippen LogP contribution in [-0.4, -0.2) is 24.0 Å². The number of fused-ring (bicyclic) bond motifs is 1. The summed E-state index contributed by atoms with van der Waals surface area (Å²) >= 11 is 0. The molecular weight excluding hydrogens is 258 g/mol. The number of benzene rings is 2. The first-order chi connectivity index (χ1) is 10.2. The molecule has 0 aliphatic carbocycles. The average Bonchev–Trinajstić information content (AvgIpc) is 2.95. The Morgan fingerprint density at radius 1 is 0.952 bits per heavy atom. The summed E-state index contributed by atoms with van der Waals surface area (Å²) in [5.74, 6) is 0. The van der Waals surface area contributed by atoms with Gasteiger partial charge in [0.15, 0.2) is 0 Å². The minimum atomic E-state index is 0.833. The number of hydrogen-bond donors (Lipinski definition) is 2. The van der Waals surface area contributed by atoms with E-state index in [1.165, 1.54) is 27.7 Å². The van der Waals surface area contributed by atoms with Crippen molar-refractivity contribution in [3.63, 3.8) is 0 Å². The summed E-state index contributed by atoms with van der Waals surface area (Å²) in [6, 6.07) is 17.0. The lowest BCUT2D eigenvalue weighted by Gasteiger charge is -2.16.